The number of nitrogens with two attached hydrogens (primary N) is 1. The van der Waals surface area contributed by atoms with Crippen molar-refractivity contribution < 1.29 is 24.1 Å². The molecule has 19 heavy (non-hydrogen) atoms. The van der Waals surface area contributed by atoms with Crippen molar-refractivity contribution in [2.24, 2.45) is 5.73 Å². The lowest BCUT2D eigenvalue weighted by molar-refractivity contribution is -0.0540. The smallest absolute Gasteiger partial charge is 0.288 e. The van der Waals surface area contributed by atoms with E-state index in [2.05, 4.69) is 21.9 Å². The predicted octanol–water partition coefficient (Wildman–Crippen LogP) is -1.46. The molecular weight excluding hydrogens is 295 g/mol. The number of hydrogen-bond acceptors (Lipinski definition) is 7. The molecule has 0 spiro atoms. The zero-order valence-corrected chi connectivity index (χ0v) is 11.5. The van der Waals surface area contributed by atoms with Gasteiger partial charge in [-0.05, 0) is 11.8 Å². The van der Waals surface area contributed by atoms with Crippen molar-refractivity contribution >= 4 is 24.9 Å². The van der Waals surface area contributed by atoms with Crippen LogP contribution in [-0.4, -0.2) is 49.5 Å². The van der Waals surface area contributed by atoms with Gasteiger partial charge in [-0.25, -0.2) is 9.67 Å². The number of aromatic nitrogens is 3. The fraction of sp³-hybridized carbons (Fsp3) is 0.625. The van der Waals surface area contributed by atoms with Crippen molar-refractivity contribution in [1.29, 1.82) is 0 Å². The summed E-state index contributed by atoms with van der Waals surface area (Å²) in [6.07, 6.45) is -0.438. The van der Waals surface area contributed by atoms with Crippen molar-refractivity contribution in [3.05, 3.63) is 12.2 Å². The summed E-state index contributed by atoms with van der Waals surface area (Å²) in [5.41, 5.74) is 5.03. The fourth-order valence-corrected chi connectivity index (χ4v) is 2.28. The Labute approximate surface area is 113 Å². The van der Waals surface area contributed by atoms with Gasteiger partial charge in [0.05, 0.1) is 12.7 Å². The van der Waals surface area contributed by atoms with Gasteiger partial charge < -0.3 is 25.0 Å². The van der Waals surface area contributed by atoms with Gasteiger partial charge in [0.1, 0.15) is 12.4 Å². The summed E-state index contributed by atoms with van der Waals surface area (Å²) in [7, 11) is -2.20. The maximum absolute atomic E-state index is 10.9. The highest BCUT2D eigenvalue weighted by Crippen LogP contribution is 2.30. The maximum Gasteiger partial charge on any atom is 0.288 e. The van der Waals surface area contributed by atoms with Crippen molar-refractivity contribution in [2.45, 2.75) is 24.9 Å². The third-order valence-corrected chi connectivity index (χ3v) is 3.31. The van der Waals surface area contributed by atoms with Gasteiger partial charge >= 0.3 is 0 Å². The monoisotopic (exact) mass is 308 g/mol. The second-order valence-corrected chi connectivity index (χ2v) is 5.81. The number of nitrogens with zero attached hydrogens (tertiary/aromatic N) is 3. The second-order valence-electron chi connectivity index (χ2n) is 3.94. The molecule has 1 aliphatic rings. The Bertz CT molecular complexity index is 497. The Morgan fingerprint density at radius 2 is 2.53 bits per heavy atom. The van der Waals surface area contributed by atoms with Gasteiger partial charge in [-0.3, -0.25) is 4.79 Å². The summed E-state index contributed by atoms with van der Waals surface area (Å²) in [6.45, 7) is 0.0965. The zero-order chi connectivity index (χ0) is 14.0. The summed E-state index contributed by atoms with van der Waals surface area (Å²) in [5, 5.41) is 13.7. The second kappa shape index (κ2) is 6.04. The lowest BCUT2D eigenvalue weighted by Crippen LogP contribution is -2.21. The summed E-state index contributed by atoms with van der Waals surface area (Å²) in [4.78, 5) is 23.5. The minimum Gasteiger partial charge on any atom is -0.388 e. The van der Waals surface area contributed by atoms with E-state index in [0.29, 0.717) is 6.42 Å². The van der Waals surface area contributed by atoms with E-state index in [9.17, 15) is 9.90 Å². The number of aliphatic hydroxyl groups excluding tert-OH is 1. The molecular formula is C8H13N4O5PS. The topological polar surface area (TPSA) is 133 Å². The molecule has 1 aliphatic heterocycles. The number of carbonyl (C=O) groups excluding carboxylic acids is 1. The molecule has 2 heterocycles. The van der Waals surface area contributed by atoms with Crippen LogP contribution in [0.5, 0.6) is 0 Å². The van der Waals surface area contributed by atoms with Crippen LogP contribution >= 0.6 is 7.15 Å². The zero-order valence-electron chi connectivity index (χ0n) is 9.67. The quantitative estimate of drug-likeness (QED) is 0.562. The number of carbonyl (C=O) groups is 1. The van der Waals surface area contributed by atoms with E-state index in [4.69, 9.17) is 19.9 Å². The highest BCUT2D eigenvalue weighted by molar-refractivity contribution is 8.00. The molecule has 1 fully saturated rings. The van der Waals surface area contributed by atoms with Crippen molar-refractivity contribution in [3.63, 3.8) is 0 Å². The fourth-order valence-electron chi connectivity index (χ4n) is 1.75. The predicted molar refractivity (Wildman–Crippen MR) is 66.9 cm³/mol. The summed E-state index contributed by atoms with van der Waals surface area (Å²) < 4.78 is 11.6. The van der Waals surface area contributed by atoms with E-state index in [1.54, 1.807) is 0 Å². The van der Waals surface area contributed by atoms with Gasteiger partial charge in [0.15, 0.2) is 13.4 Å². The summed E-state index contributed by atoms with van der Waals surface area (Å²) >= 11 is 4.54. The van der Waals surface area contributed by atoms with Gasteiger partial charge in [-0.2, -0.15) is 0 Å². The molecule has 4 N–H and O–H groups in total. The molecule has 1 aromatic rings. The van der Waals surface area contributed by atoms with Gasteiger partial charge in [0.25, 0.3) is 5.91 Å². The molecule has 4 atom stereocenters. The highest BCUT2D eigenvalue weighted by Gasteiger charge is 2.36. The van der Waals surface area contributed by atoms with Gasteiger partial charge in [0, 0.05) is 6.42 Å². The third kappa shape index (κ3) is 3.56. The molecule has 1 saturated heterocycles. The number of aliphatic hydroxyl groups is 1. The van der Waals surface area contributed by atoms with E-state index < -0.39 is 31.5 Å². The Balaban J connectivity index is 2.00. The molecule has 1 amide bonds. The molecule has 0 radical (unpaired) electrons. The molecule has 9 nitrogen and oxygen atoms in total. The Morgan fingerprint density at radius 3 is 3.11 bits per heavy atom. The van der Waals surface area contributed by atoms with Gasteiger partial charge in [0.2, 0.25) is 5.82 Å². The number of amides is 1. The summed E-state index contributed by atoms with van der Waals surface area (Å²) in [5.74, 6) is -0.910. The van der Waals surface area contributed by atoms with Crippen LogP contribution in [0.2, 0.25) is 0 Å². The number of hydrogen-bond donors (Lipinski definition) is 3. The van der Waals surface area contributed by atoms with Crippen LogP contribution < -0.4 is 5.73 Å². The molecule has 0 aromatic carbocycles. The average molecular weight is 308 g/mol. The summed E-state index contributed by atoms with van der Waals surface area (Å²) in [6, 6.07) is 0. The molecule has 2 rings (SSSR count). The van der Waals surface area contributed by atoms with E-state index >= 15 is 0 Å². The molecule has 1 unspecified atom stereocenters. The van der Waals surface area contributed by atoms with E-state index in [1.807, 2.05) is 0 Å². The minimum atomic E-state index is -2.20. The molecule has 0 bridgehead atoms. The molecule has 0 aliphatic carbocycles. The third-order valence-electron chi connectivity index (χ3n) is 2.55. The van der Waals surface area contributed by atoms with Crippen LogP contribution in [0.15, 0.2) is 6.33 Å². The first-order valence-electron chi connectivity index (χ1n) is 5.37. The van der Waals surface area contributed by atoms with E-state index in [0.717, 1.165) is 0 Å². The largest absolute Gasteiger partial charge is 0.388 e. The SMILES string of the molecule is NC(=O)c1ncn([C@@H]2O[C@H](CO[PH](O)=S)C[C@H]2O)n1. The molecule has 106 valence electrons. The first-order chi connectivity index (χ1) is 8.97. The van der Waals surface area contributed by atoms with Crippen molar-refractivity contribution in [2.75, 3.05) is 6.61 Å². The normalized spacial score (nSPS) is 28.4. The standard InChI is InChI=1S/C8H13N4O5PS/c9-6(14)7-10-3-12(11-7)8-5(13)1-4(17-8)2-16-18(15)19/h3-5,8,13,18H,1-2H2,(H2,9,14)(H,15,19)/t4-,5+,8+/m0/s1. The van der Waals surface area contributed by atoms with Crippen molar-refractivity contribution in [3.8, 4) is 0 Å². The first kappa shape index (κ1) is 14.5. The molecule has 11 heteroatoms. The number of primary amides is 1. The Kier molecular flexibility index (Phi) is 4.61. The Morgan fingerprint density at radius 1 is 1.79 bits per heavy atom. The van der Waals surface area contributed by atoms with Crippen LogP contribution in [0.25, 0.3) is 0 Å². The van der Waals surface area contributed by atoms with E-state index in [1.165, 1.54) is 11.0 Å². The number of rotatable bonds is 5. The number of ether oxygens (including phenoxy) is 1. The van der Waals surface area contributed by atoms with Crippen LogP contribution in [0.1, 0.15) is 23.3 Å². The van der Waals surface area contributed by atoms with Crippen LogP contribution in [-0.2, 0) is 21.1 Å². The van der Waals surface area contributed by atoms with Crippen molar-refractivity contribution in [1.82, 2.24) is 14.8 Å². The average Bonchev–Trinajstić information content (AvgIpc) is 2.92. The van der Waals surface area contributed by atoms with Crippen LogP contribution in [0, 0.1) is 0 Å². The van der Waals surface area contributed by atoms with Crippen LogP contribution in [0.3, 0.4) is 0 Å². The van der Waals surface area contributed by atoms with Crippen LogP contribution in [0.4, 0.5) is 0 Å². The maximum atomic E-state index is 10.9. The van der Waals surface area contributed by atoms with E-state index in [-0.39, 0.29) is 12.4 Å². The Hall–Kier alpha value is -0.900. The lowest BCUT2D eigenvalue weighted by atomic mass is 10.2. The minimum absolute atomic E-state index is 0.0965. The van der Waals surface area contributed by atoms with Gasteiger partial charge in [-0.1, -0.05) is 0 Å². The molecule has 1 aromatic heterocycles. The lowest BCUT2D eigenvalue weighted by Gasteiger charge is -2.14. The first-order valence-corrected chi connectivity index (χ1v) is 7.86. The molecule has 0 saturated carbocycles. The van der Waals surface area contributed by atoms with Gasteiger partial charge in [-0.15, -0.1) is 5.10 Å². The highest BCUT2D eigenvalue weighted by atomic mass is 32.4.